The van der Waals surface area contributed by atoms with E-state index in [4.69, 9.17) is 4.74 Å². The molecule has 1 aliphatic rings. The number of benzene rings is 3. The van der Waals surface area contributed by atoms with Crippen molar-refractivity contribution in [1.82, 2.24) is 4.41 Å². The average molecular weight is 518 g/mol. The van der Waals surface area contributed by atoms with E-state index in [0.29, 0.717) is 28.3 Å². The lowest BCUT2D eigenvalue weighted by molar-refractivity contribution is 0.370. The first-order valence-electron chi connectivity index (χ1n) is 10.8. The van der Waals surface area contributed by atoms with Crippen LogP contribution in [0.15, 0.2) is 82.8 Å². The summed E-state index contributed by atoms with van der Waals surface area (Å²) in [4.78, 5) is -0.109. The molecule has 1 heterocycles. The van der Waals surface area contributed by atoms with E-state index < -0.39 is 31.9 Å². The Morgan fingerprint density at radius 2 is 1.66 bits per heavy atom. The minimum absolute atomic E-state index is 0.109. The number of anilines is 1. The molecule has 0 radical (unpaired) electrons. The SMILES string of the molecule is CCS(=O)(=O)Nc1ccccc1C1=NN(S(=O)(=O)c2ccc(F)cc2)[C@@H](c2ccc(OC)cc2)C1. The van der Waals surface area contributed by atoms with Crippen LogP contribution in [0.3, 0.4) is 0 Å². The number of ether oxygens (including phenoxy) is 1. The number of hydrazone groups is 1. The number of nitrogens with zero attached hydrogens (tertiary/aromatic N) is 2. The Hall–Kier alpha value is -3.44. The highest BCUT2D eigenvalue weighted by Gasteiger charge is 2.38. The molecule has 11 heteroatoms. The summed E-state index contributed by atoms with van der Waals surface area (Å²) in [6.07, 6.45) is 0.192. The van der Waals surface area contributed by atoms with Gasteiger partial charge in [0.2, 0.25) is 10.0 Å². The summed E-state index contributed by atoms with van der Waals surface area (Å²) >= 11 is 0. The van der Waals surface area contributed by atoms with Crippen LogP contribution in [0, 0.1) is 5.82 Å². The van der Waals surface area contributed by atoms with Gasteiger partial charge in [-0.05, 0) is 55.0 Å². The number of sulfonamides is 2. The van der Waals surface area contributed by atoms with Crippen LogP contribution in [-0.4, -0.2) is 39.8 Å². The van der Waals surface area contributed by atoms with Crippen LogP contribution in [-0.2, 0) is 20.0 Å². The van der Waals surface area contributed by atoms with E-state index in [1.807, 2.05) is 0 Å². The average Bonchev–Trinajstić information content (AvgIpc) is 3.31. The zero-order valence-electron chi connectivity index (χ0n) is 19.0. The third kappa shape index (κ3) is 5.15. The topological polar surface area (TPSA) is 105 Å². The molecule has 0 unspecified atom stereocenters. The molecule has 0 bridgehead atoms. The Morgan fingerprint density at radius 3 is 2.29 bits per heavy atom. The van der Waals surface area contributed by atoms with Crippen molar-refractivity contribution < 1.29 is 26.0 Å². The van der Waals surface area contributed by atoms with Crippen LogP contribution in [0.5, 0.6) is 5.75 Å². The smallest absolute Gasteiger partial charge is 0.279 e. The maximum Gasteiger partial charge on any atom is 0.279 e. The van der Waals surface area contributed by atoms with Crippen LogP contribution < -0.4 is 9.46 Å². The zero-order valence-corrected chi connectivity index (χ0v) is 20.7. The normalized spacial score (nSPS) is 16.1. The Bertz CT molecular complexity index is 1460. The van der Waals surface area contributed by atoms with E-state index in [9.17, 15) is 21.2 Å². The van der Waals surface area contributed by atoms with E-state index in [1.165, 1.54) is 26.2 Å². The molecular formula is C24H24FN3O5S2. The van der Waals surface area contributed by atoms with Crippen molar-refractivity contribution >= 4 is 31.4 Å². The molecule has 0 saturated carbocycles. The maximum atomic E-state index is 13.5. The van der Waals surface area contributed by atoms with E-state index in [2.05, 4.69) is 9.82 Å². The van der Waals surface area contributed by atoms with E-state index in [-0.39, 0.29) is 17.1 Å². The highest BCUT2D eigenvalue weighted by molar-refractivity contribution is 7.92. The van der Waals surface area contributed by atoms with E-state index in [1.54, 1.807) is 48.5 Å². The van der Waals surface area contributed by atoms with Gasteiger partial charge >= 0.3 is 0 Å². The number of halogens is 1. The van der Waals surface area contributed by atoms with E-state index in [0.717, 1.165) is 16.5 Å². The fourth-order valence-corrected chi connectivity index (χ4v) is 5.82. The minimum atomic E-state index is -4.15. The van der Waals surface area contributed by atoms with Gasteiger partial charge in [-0.1, -0.05) is 30.3 Å². The quantitative estimate of drug-likeness (QED) is 0.484. The summed E-state index contributed by atoms with van der Waals surface area (Å²) in [5, 5.41) is 4.45. The first-order valence-corrected chi connectivity index (χ1v) is 13.8. The van der Waals surface area contributed by atoms with Crippen molar-refractivity contribution in [2.75, 3.05) is 17.6 Å². The Balaban J connectivity index is 1.81. The van der Waals surface area contributed by atoms with Gasteiger partial charge < -0.3 is 4.74 Å². The molecule has 8 nitrogen and oxygen atoms in total. The lowest BCUT2D eigenvalue weighted by Gasteiger charge is -2.23. The first kappa shape index (κ1) is 24.7. The number of methoxy groups -OCH3 is 1. The van der Waals surface area contributed by atoms with Crippen LogP contribution in [0.1, 0.15) is 30.5 Å². The van der Waals surface area contributed by atoms with Crippen LogP contribution >= 0.6 is 0 Å². The van der Waals surface area contributed by atoms with E-state index >= 15 is 0 Å². The predicted molar refractivity (Wildman–Crippen MR) is 132 cm³/mol. The Labute approximate surface area is 204 Å². The number of nitrogens with one attached hydrogen (secondary N) is 1. The lowest BCUT2D eigenvalue weighted by atomic mass is 9.98. The van der Waals surface area contributed by atoms with Crippen molar-refractivity contribution in [2.45, 2.75) is 24.3 Å². The van der Waals surface area contributed by atoms with Gasteiger partial charge in [-0.15, -0.1) is 0 Å². The molecule has 0 aliphatic carbocycles. The van der Waals surface area contributed by atoms with Gasteiger partial charge in [0.25, 0.3) is 10.0 Å². The third-order valence-electron chi connectivity index (χ3n) is 5.61. The van der Waals surface area contributed by atoms with Gasteiger partial charge in [0.15, 0.2) is 0 Å². The molecule has 3 aromatic carbocycles. The number of hydrogen-bond acceptors (Lipinski definition) is 6. The van der Waals surface area contributed by atoms with Gasteiger partial charge in [-0.2, -0.15) is 17.9 Å². The zero-order chi connectivity index (χ0) is 25.2. The second-order valence-corrected chi connectivity index (χ2v) is 11.6. The van der Waals surface area contributed by atoms with Crippen LogP contribution in [0.25, 0.3) is 0 Å². The summed E-state index contributed by atoms with van der Waals surface area (Å²) in [6.45, 7) is 1.52. The summed E-state index contributed by atoms with van der Waals surface area (Å²) in [5.74, 6) is -0.0635. The van der Waals surface area contributed by atoms with Crippen molar-refractivity contribution in [3.05, 3.63) is 89.7 Å². The third-order valence-corrected chi connectivity index (χ3v) is 8.60. The van der Waals surface area contributed by atoms with Gasteiger partial charge in [0.1, 0.15) is 11.6 Å². The molecule has 184 valence electrons. The Kier molecular flexibility index (Phi) is 6.82. The van der Waals surface area contributed by atoms with Gasteiger partial charge in [0, 0.05) is 12.0 Å². The molecule has 1 atom stereocenters. The Morgan fingerprint density at radius 1 is 1.00 bits per heavy atom. The molecule has 4 rings (SSSR count). The second-order valence-electron chi connectivity index (χ2n) is 7.82. The largest absolute Gasteiger partial charge is 0.497 e. The fourth-order valence-electron chi connectivity index (χ4n) is 3.73. The molecule has 1 N–H and O–H groups in total. The standard InChI is InChI=1S/C24H24FN3O5S2/c1-3-34(29,30)27-22-7-5-4-6-21(22)23-16-24(17-8-12-19(33-2)13-9-17)28(26-23)35(31,32)20-14-10-18(25)11-15-20/h4-15,24,27H,3,16H2,1-2H3/t24-/m1/s1. The molecule has 35 heavy (non-hydrogen) atoms. The fraction of sp³-hybridized carbons (Fsp3) is 0.208. The van der Waals surface area contributed by atoms with Crippen molar-refractivity contribution in [3.63, 3.8) is 0 Å². The lowest BCUT2D eigenvalue weighted by Crippen LogP contribution is -2.27. The summed E-state index contributed by atoms with van der Waals surface area (Å²) in [6, 6.07) is 17.5. The van der Waals surface area contributed by atoms with Crippen LogP contribution in [0.2, 0.25) is 0 Å². The molecule has 0 fully saturated rings. The minimum Gasteiger partial charge on any atom is -0.497 e. The highest BCUT2D eigenvalue weighted by Crippen LogP contribution is 2.38. The highest BCUT2D eigenvalue weighted by atomic mass is 32.2. The number of hydrogen-bond donors (Lipinski definition) is 1. The summed E-state index contributed by atoms with van der Waals surface area (Å²) in [7, 11) is -6.19. The molecule has 3 aromatic rings. The molecule has 0 saturated heterocycles. The number of rotatable bonds is 8. The summed E-state index contributed by atoms with van der Waals surface area (Å²) in [5.41, 5.74) is 1.84. The van der Waals surface area contributed by atoms with Gasteiger partial charge in [-0.3, -0.25) is 4.72 Å². The molecule has 1 aliphatic heterocycles. The summed E-state index contributed by atoms with van der Waals surface area (Å²) < 4.78 is 73.7. The predicted octanol–water partition coefficient (Wildman–Crippen LogP) is 4.14. The van der Waals surface area contributed by atoms with Gasteiger partial charge in [0.05, 0.1) is 35.2 Å². The number of para-hydroxylation sites is 1. The molecule has 0 spiro atoms. The first-order chi connectivity index (χ1) is 16.6. The maximum absolute atomic E-state index is 13.5. The monoisotopic (exact) mass is 517 g/mol. The van der Waals surface area contributed by atoms with Crippen molar-refractivity contribution in [3.8, 4) is 5.75 Å². The van der Waals surface area contributed by atoms with Crippen molar-refractivity contribution in [1.29, 1.82) is 0 Å². The molecule has 0 aromatic heterocycles. The molecule has 0 amide bonds. The van der Waals surface area contributed by atoms with Gasteiger partial charge in [-0.25, -0.2) is 12.8 Å². The second kappa shape index (κ2) is 9.67. The van der Waals surface area contributed by atoms with Crippen molar-refractivity contribution in [2.24, 2.45) is 5.10 Å². The molecular weight excluding hydrogens is 493 g/mol. The van der Waals surface area contributed by atoms with Crippen LogP contribution in [0.4, 0.5) is 10.1 Å².